The minimum atomic E-state index is -7.22. The van der Waals surface area contributed by atoms with Gasteiger partial charge in [-0.15, -0.1) is 21.9 Å². The normalized spacial score (nSPS) is 11.6. The number of hydrogen-bond donors (Lipinski definition) is 0. The van der Waals surface area contributed by atoms with Crippen molar-refractivity contribution in [1.82, 2.24) is 0 Å². The molecule has 1 heterocycles. The van der Waals surface area contributed by atoms with Gasteiger partial charge in [-0.2, -0.15) is 4.57 Å². The number of rotatable bonds is 24. The maximum atomic E-state index is 15.4. The van der Waals surface area contributed by atoms with Crippen LogP contribution in [0, 0.1) is 116 Å². The Kier molecular flexibility index (Phi) is 22.8. The van der Waals surface area contributed by atoms with E-state index in [1.54, 1.807) is 0 Å². The monoisotopic (exact) mass is 1150 g/mol. The Bertz CT molecular complexity index is 2720. The Morgan fingerprint density at radius 3 is 0.924 bits per heavy atom. The van der Waals surface area contributed by atoms with Gasteiger partial charge in [0.15, 0.2) is 82.5 Å². The highest BCUT2D eigenvalue weighted by atomic mass is 19.2. The van der Waals surface area contributed by atoms with Crippen molar-refractivity contribution in [2.24, 2.45) is 0 Å². The maximum absolute atomic E-state index is 15.4. The standard InChI is InChI=1S/C31H48NO2.C24BF20/c1-2-3-4-5-6-7-8-9-10-11-12-13-14-15-16-22-27-34-31(33)30-25-20-21-26-32(30)28-29-23-18-17-19-24-29;26-5-1(6(27)14(35)21(42)13(5)34)25(2-7(28)15(36)22(43)16(37)8(2)29,3-9(30)17(38)23(44)18(39)10(3)31)4-11(32)19(40)24(45)20(41)12(4)33/h17-21,23-26H,2-16,22,27-28H2,1H3;/q+1;-1. The second kappa shape index (κ2) is 28.5. The second-order valence-electron chi connectivity index (χ2n) is 18.4. The highest BCUT2D eigenvalue weighted by Crippen LogP contribution is 2.31. The summed E-state index contributed by atoms with van der Waals surface area (Å²) in [5.74, 6) is -71.6. The first-order valence-electron chi connectivity index (χ1n) is 24.9. The Hall–Kier alpha value is -6.62. The van der Waals surface area contributed by atoms with Crippen LogP contribution >= 0.6 is 0 Å². The molecule has 0 aliphatic carbocycles. The van der Waals surface area contributed by atoms with Crippen LogP contribution in [0.2, 0.25) is 0 Å². The van der Waals surface area contributed by atoms with Crippen molar-refractivity contribution in [3.8, 4) is 0 Å². The van der Waals surface area contributed by atoms with Crippen molar-refractivity contribution >= 4 is 34.0 Å². The SMILES string of the molecule is CCCCCCCCCCCCCCCCCCOC(=O)c1cccc[n+]1Cc1ccccc1.Fc1c(F)c(F)c([B-](c2c(F)c(F)c(F)c(F)c2F)(c2c(F)c(F)c(F)c(F)c2F)c2c(F)c(F)c(F)c(F)c2F)c(F)c1F. The van der Waals surface area contributed by atoms with Crippen molar-refractivity contribution in [1.29, 1.82) is 0 Å². The van der Waals surface area contributed by atoms with Gasteiger partial charge < -0.3 is 4.74 Å². The lowest BCUT2D eigenvalue weighted by Crippen LogP contribution is -2.81. The van der Waals surface area contributed by atoms with Crippen LogP contribution in [0.1, 0.15) is 126 Å². The van der Waals surface area contributed by atoms with E-state index >= 15 is 35.1 Å². The van der Waals surface area contributed by atoms with E-state index in [0.717, 1.165) is 12.8 Å². The lowest BCUT2D eigenvalue weighted by atomic mass is 9.12. The molecule has 0 amide bonds. The summed E-state index contributed by atoms with van der Waals surface area (Å²) in [4.78, 5) is 12.6. The van der Waals surface area contributed by atoms with Crippen LogP contribution in [0.3, 0.4) is 0 Å². The molecule has 428 valence electrons. The number of nitrogens with zero attached hydrogens (tertiary/aromatic N) is 1. The Balaban J connectivity index is 0.000000303. The highest BCUT2D eigenvalue weighted by Gasteiger charge is 2.52. The molecule has 0 saturated carbocycles. The summed E-state index contributed by atoms with van der Waals surface area (Å²) < 4.78 is 301. The minimum absolute atomic E-state index is 0.225. The lowest BCUT2D eigenvalue weighted by molar-refractivity contribution is -0.690. The number of carbonyl (C=O) groups excluding carboxylic acids is 1. The summed E-state index contributed by atoms with van der Waals surface area (Å²) in [6, 6.07) is 15.9. The van der Waals surface area contributed by atoms with Crippen molar-refractivity contribution in [2.75, 3.05) is 6.61 Å². The summed E-state index contributed by atoms with van der Waals surface area (Å²) in [5.41, 5.74) is -12.5. The molecule has 0 N–H and O–H groups in total. The minimum Gasteiger partial charge on any atom is -0.458 e. The fourth-order valence-corrected chi connectivity index (χ4v) is 9.34. The van der Waals surface area contributed by atoms with E-state index in [1.807, 2.05) is 47.2 Å². The van der Waals surface area contributed by atoms with Crippen LogP contribution in [0.4, 0.5) is 87.8 Å². The van der Waals surface area contributed by atoms with E-state index < -0.39 is 144 Å². The van der Waals surface area contributed by atoms with E-state index in [1.165, 1.54) is 95.5 Å². The molecule has 0 aliphatic heterocycles. The molecule has 0 spiro atoms. The van der Waals surface area contributed by atoms with E-state index in [4.69, 9.17) is 4.74 Å². The van der Waals surface area contributed by atoms with Crippen molar-refractivity contribution in [3.05, 3.63) is 182 Å². The van der Waals surface area contributed by atoms with Crippen LogP contribution in [0.15, 0.2) is 54.7 Å². The van der Waals surface area contributed by atoms with E-state index in [-0.39, 0.29) is 5.97 Å². The molecule has 6 rings (SSSR count). The number of carbonyl (C=O) groups is 1. The Morgan fingerprint density at radius 2 is 0.620 bits per heavy atom. The molecule has 0 fully saturated rings. The first kappa shape index (κ1) is 63.2. The molecular weight excluding hydrogens is 1100 g/mol. The molecule has 1 aromatic heterocycles. The van der Waals surface area contributed by atoms with E-state index in [2.05, 4.69) is 19.1 Å². The largest absolute Gasteiger partial charge is 0.458 e. The van der Waals surface area contributed by atoms with Gasteiger partial charge in [0, 0.05) is 17.7 Å². The van der Waals surface area contributed by atoms with Gasteiger partial charge in [-0.05, 0) is 12.5 Å². The Morgan fingerprint density at radius 1 is 0.354 bits per heavy atom. The topological polar surface area (TPSA) is 30.2 Å². The highest BCUT2D eigenvalue weighted by molar-refractivity contribution is 7.20. The molecule has 0 radical (unpaired) electrons. The molecule has 24 heteroatoms. The van der Waals surface area contributed by atoms with Crippen molar-refractivity contribution < 1.29 is 102 Å². The third kappa shape index (κ3) is 13.5. The molecule has 0 bridgehead atoms. The first-order chi connectivity index (χ1) is 37.5. The Labute approximate surface area is 440 Å². The summed E-state index contributed by atoms with van der Waals surface area (Å²) in [7, 11) is 0. The zero-order valence-electron chi connectivity index (χ0n) is 41.8. The van der Waals surface area contributed by atoms with Gasteiger partial charge in [0.25, 0.3) is 5.69 Å². The first-order valence-corrected chi connectivity index (χ1v) is 24.9. The summed E-state index contributed by atoms with van der Waals surface area (Å²) in [6.45, 7) is 3.47. The molecule has 6 aromatic rings. The molecular formula is C55H48BF20NO2. The molecule has 0 aliphatic rings. The van der Waals surface area contributed by atoms with Crippen molar-refractivity contribution in [2.45, 2.75) is 116 Å². The third-order valence-electron chi connectivity index (χ3n) is 13.3. The quantitative estimate of drug-likeness (QED) is 0.0115. The maximum Gasteiger partial charge on any atom is 0.403 e. The number of hydrogen-bond acceptors (Lipinski definition) is 2. The average Bonchev–Trinajstić information content (AvgIpc) is 2.41. The number of esters is 1. The molecule has 79 heavy (non-hydrogen) atoms. The molecule has 3 nitrogen and oxygen atoms in total. The molecule has 0 unspecified atom stereocenters. The van der Waals surface area contributed by atoms with Crippen molar-refractivity contribution in [3.63, 3.8) is 0 Å². The van der Waals surface area contributed by atoms with Crippen LogP contribution in [0.5, 0.6) is 0 Å². The van der Waals surface area contributed by atoms with Crippen LogP contribution in [-0.4, -0.2) is 18.7 Å². The molecule has 0 saturated heterocycles. The van der Waals surface area contributed by atoms with Gasteiger partial charge in [-0.1, -0.05) is 134 Å². The summed E-state index contributed by atoms with van der Waals surface area (Å²) in [6.07, 6.45) is 16.3. The van der Waals surface area contributed by atoms with E-state index in [0.29, 0.717) is 18.8 Å². The zero-order chi connectivity index (χ0) is 58.5. The van der Waals surface area contributed by atoms with Gasteiger partial charge in [0.2, 0.25) is 0 Å². The predicted molar refractivity (Wildman–Crippen MR) is 251 cm³/mol. The average molecular weight is 1150 g/mol. The summed E-state index contributed by atoms with van der Waals surface area (Å²) >= 11 is 0. The van der Waals surface area contributed by atoms with Gasteiger partial charge in [0.05, 0.1) is 6.61 Å². The lowest BCUT2D eigenvalue weighted by Gasteiger charge is -2.44. The fraction of sp³-hybridized carbons (Fsp3) is 0.345. The second-order valence-corrected chi connectivity index (χ2v) is 18.4. The number of aromatic nitrogens is 1. The smallest absolute Gasteiger partial charge is 0.403 e. The molecule has 0 atom stereocenters. The fourth-order valence-electron chi connectivity index (χ4n) is 9.34. The van der Waals surface area contributed by atoms with Gasteiger partial charge >= 0.3 is 5.97 Å². The number of ether oxygens (including phenoxy) is 1. The molecule has 5 aromatic carbocycles. The van der Waals surface area contributed by atoms with Gasteiger partial charge in [-0.25, -0.2) is 92.6 Å². The van der Waals surface area contributed by atoms with Crippen LogP contribution < -0.4 is 26.4 Å². The number of halogens is 20. The van der Waals surface area contributed by atoms with Gasteiger partial charge in [-0.3, -0.25) is 0 Å². The zero-order valence-corrected chi connectivity index (χ0v) is 41.8. The number of benzene rings is 5. The third-order valence-corrected chi connectivity index (χ3v) is 13.3. The van der Waals surface area contributed by atoms with Gasteiger partial charge in [0.1, 0.15) is 52.7 Å². The van der Waals surface area contributed by atoms with Crippen LogP contribution in [0.25, 0.3) is 0 Å². The predicted octanol–water partition coefficient (Wildman–Crippen LogP) is 14.3. The van der Waals surface area contributed by atoms with E-state index in [9.17, 15) is 57.5 Å². The summed E-state index contributed by atoms with van der Waals surface area (Å²) in [5, 5.41) is 0. The number of unbranched alkanes of at least 4 members (excludes halogenated alkanes) is 15. The van der Waals surface area contributed by atoms with Crippen LogP contribution in [-0.2, 0) is 11.3 Å². The number of pyridine rings is 1.